The maximum Gasteiger partial charge on any atom is 0.279 e. The molecule has 0 bridgehead atoms. The highest BCUT2D eigenvalue weighted by atomic mass is 32.1. The van der Waals surface area contributed by atoms with E-state index in [0.29, 0.717) is 10.8 Å². The lowest BCUT2D eigenvalue weighted by Gasteiger charge is -2.16. The van der Waals surface area contributed by atoms with Gasteiger partial charge in [-0.1, -0.05) is 6.92 Å². The van der Waals surface area contributed by atoms with Gasteiger partial charge in [-0.3, -0.25) is 15.6 Å². The van der Waals surface area contributed by atoms with Crippen molar-refractivity contribution in [3.63, 3.8) is 0 Å². The van der Waals surface area contributed by atoms with Gasteiger partial charge in [-0.25, -0.2) is 8.78 Å². The van der Waals surface area contributed by atoms with Gasteiger partial charge in [0.15, 0.2) is 5.11 Å². The lowest BCUT2D eigenvalue weighted by atomic mass is 9.90. The van der Waals surface area contributed by atoms with E-state index in [0.717, 1.165) is 31.4 Å². The van der Waals surface area contributed by atoms with Crippen LogP contribution in [0.1, 0.15) is 33.5 Å². The number of nitrogens with one attached hydrogen (secondary N) is 3. The van der Waals surface area contributed by atoms with Crippen LogP contribution in [-0.4, -0.2) is 11.0 Å². The third kappa shape index (κ3) is 4.32. The minimum absolute atomic E-state index is 0.00815. The summed E-state index contributed by atoms with van der Waals surface area (Å²) in [5, 5.41) is 2.57. The van der Waals surface area contributed by atoms with Crippen LogP contribution in [-0.2, 0) is 12.8 Å². The van der Waals surface area contributed by atoms with E-state index in [9.17, 15) is 13.6 Å². The Bertz CT molecular complexity index is 822. The summed E-state index contributed by atoms with van der Waals surface area (Å²) in [6.45, 7) is 2.21. The van der Waals surface area contributed by atoms with E-state index < -0.39 is 11.6 Å². The molecule has 1 aliphatic carbocycles. The predicted molar refractivity (Wildman–Crippen MR) is 98.7 cm³/mol. The summed E-state index contributed by atoms with van der Waals surface area (Å²) in [5.74, 6) is -1.10. The third-order valence-corrected chi connectivity index (χ3v) is 5.46. The Kier molecular flexibility index (Phi) is 5.29. The maximum atomic E-state index is 13.6. The number of halogens is 2. The van der Waals surface area contributed by atoms with Gasteiger partial charge in [-0.15, -0.1) is 11.3 Å². The lowest BCUT2D eigenvalue weighted by Crippen LogP contribution is -2.43. The molecule has 1 unspecified atom stereocenters. The van der Waals surface area contributed by atoms with Crippen molar-refractivity contribution < 1.29 is 13.6 Å². The highest BCUT2D eigenvalue weighted by Crippen LogP contribution is 2.32. The van der Waals surface area contributed by atoms with Crippen LogP contribution < -0.4 is 16.2 Å². The van der Waals surface area contributed by atoms with Gasteiger partial charge in [0.05, 0.1) is 10.6 Å². The Labute approximate surface area is 153 Å². The van der Waals surface area contributed by atoms with E-state index in [4.69, 9.17) is 12.2 Å². The molecule has 2 aromatic rings. The third-order valence-electron chi connectivity index (χ3n) is 4.02. The number of hydrogen-bond acceptors (Lipinski definition) is 3. The minimum atomic E-state index is -0.768. The molecule has 0 saturated carbocycles. The van der Waals surface area contributed by atoms with E-state index in [1.54, 1.807) is 0 Å². The van der Waals surface area contributed by atoms with E-state index in [1.807, 2.05) is 6.07 Å². The lowest BCUT2D eigenvalue weighted by molar-refractivity contribution is 0.0948. The predicted octanol–water partition coefficient (Wildman–Crippen LogP) is 3.78. The number of thiocarbonyl (C=S) groups is 1. The smallest absolute Gasteiger partial charge is 0.279 e. The van der Waals surface area contributed by atoms with E-state index >= 15 is 0 Å². The zero-order valence-corrected chi connectivity index (χ0v) is 15.1. The Morgan fingerprint density at radius 1 is 1.28 bits per heavy atom. The first-order valence-corrected chi connectivity index (χ1v) is 9.09. The number of aryl methyl sites for hydroxylation is 1. The molecule has 1 aromatic heterocycles. The minimum Gasteiger partial charge on any atom is -0.329 e. The standard InChI is InChI=1S/C17H17F2N3OS2/c1-9-2-5-14-10(6-9)7-15(25-14)16(23)21-22-17(24)20-13-4-3-11(18)8-12(13)19/h3-4,7-9H,2,5-6H2,1H3,(H,21,23)(H2,20,22,24). The summed E-state index contributed by atoms with van der Waals surface area (Å²) >= 11 is 6.49. The first-order chi connectivity index (χ1) is 11.9. The molecule has 4 nitrogen and oxygen atoms in total. The first kappa shape index (κ1) is 17.8. The number of amides is 1. The van der Waals surface area contributed by atoms with E-state index in [1.165, 1.54) is 27.8 Å². The highest BCUT2D eigenvalue weighted by molar-refractivity contribution is 7.80. The van der Waals surface area contributed by atoms with Crippen molar-refractivity contribution in [2.24, 2.45) is 5.92 Å². The normalized spacial score (nSPS) is 16.0. The fourth-order valence-corrected chi connectivity index (χ4v) is 4.00. The van der Waals surface area contributed by atoms with Crippen molar-refractivity contribution in [3.05, 3.63) is 51.2 Å². The van der Waals surface area contributed by atoms with Crippen molar-refractivity contribution in [1.29, 1.82) is 0 Å². The quantitative estimate of drug-likeness (QED) is 0.547. The second kappa shape index (κ2) is 7.45. The van der Waals surface area contributed by atoms with Gasteiger partial charge in [0.25, 0.3) is 5.91 Å². The molecule has 1 aliphatic rings. The van der Waals surface area contributed by atoms with Gasteiger partial charge in [-0.05, 0) is 61.2 Å². The van der Waals surface area contributed by atoms with Gasteiger partial charge in [0, 0.05) is 10.9 Å². The van der Waals surface area contributed by atoms with Gasteiger partial charge in [0.2, 0.25) is 0 Å². The molecule has 1 amide bonds. The summed E-state index contributed by atoms with van der Waals surface area (Å²) in [6, 6.07) is 5.02. The van der Waals surface area contributed by atoms with Crippen LogP contribution >= 0.6 is 23.6 Å². The molecule has 25 heavy (non-hydrogen) atoms. The average Bonchev–Trinajstić information content (AvgIpc) is 2.98. The van der Waals surface area contributed by atoms with Gasteiger partial charge >= 0.3 is 0 Å². The molecule has 3 N–H and O–H groups in total. The van der Waals surface area contributed by atoms with Crippen LogP contribution in [0.15, 0.2) is 24.3 Å². The number of hydrogen-bond donors (Lipinski definition) is 3. The van der Waals surface area contributed by atoms with Crippen LogP contribution in [0.5, 0.6) is 0 Å². The molecular weight excluding hydrogens is 364 g/mol. The molecule has 132 valence electrons. The van der Waals surface area contributed by atoms with Crippen molar-refractivity contribution in [3.8, 4) is 0 Å². The number of thiophene rings is 1. The fraction of sp³-hybridized carbons (Fsp3) is 0.294. The molecule has 1 heterocycles. The summed E-state index contributed by atoms with van der Waals surface area (Å²) in [5.41, 5.74) is 6.28. The van der Waals surface area contributed by atoms with Gasteiger partial charge in [0.1, 0.15) is 11.6 Å². The molecule has 1 atom stereocenters. The average molecular weight is 381 g/mol. The van der Waals surface area contributed by atoms with Crippen molar-refractivity contribution >= 4 is 40.3 Å². The van der Waals surface area contributed by atoms with Crippen LogP contribution in [0.2, 0.25) is 0 Å². The topological polar surface area (TPSA) is 53.2 Å². The first-order valence-electron chi connectivity index (χ1n) is 7.86. The molecular formula is C17H17F2N3OS2. The second-order valence-corrected chi connectivity index (χ2v) is 7.61. The zero-order valence-electron chi connectivity index (χ0n) is 13.5. The fourth-order valence-electron chi connectivity index (χ4n) is 2.74. The molecule has 8 heteroatoms. The highest BCUT2D eigenvalue weighted by Gasteiger charge is 2.20. The van der Waals surface area contributed by atoms with E-state index in [-0.39, 0.29) is 16.7 Å². The van der Waals surface area contributed by atoms with Crippen molar-refractivity contribution in [2.75, 3.05) is 5.32 Å². The molecule has 0 spiro atoms. The molecule has 0 fully saturated rings. The van der Waals surface area contributed by atoms with E-state index in [2.05, 4.69) is 23.1 Å². The van der Waals surface area contributed by atoms with Crippen molar-refractivity contribution in [1.82, 2.24) is 10.9 Å². The van der Waals surface area contributed by atoms with Crippen molar-refractivity contribution in [2.45, 2.75) is 26.2 Å². The molecule has 0 saturated heterocycles. The number of carbonyl (C=O) groups is 1. The Balaban J connectivity index is 1.56. The van der Waals surface area contributed by atoms with Crippen LogP contribution in [0, 0.1) is 17.6 Å². The Morgan fingerprint density at radius 2 is 2.08 bits per heavy atom. The maximum absolute atomic E-state index is 13.6. The van der Waals surface area contributed by atoms with Crippen LogP contribution in [0.4, 0.5) is 14.5 Å². The number of hydrazine groups is 1. The monoisotopic (exact) mass is 381 g/mol. The van der Waals surface area contributed by atoms with Crippen LogP contribution in [0.3, 0.4) is 0 Å². The zero-order chi connectivity index (χ0) is 18.0. The number of carbonyl (C=O) groups excluding carboxylic acids is 1. The second-order valence-electron chi connectivity index (χ2n) is 6.06. The Morgan fingerprint density at radius 3 is 2.84 bits per heavy atom. The number of anilines is 1. The number of benzene rings is 1. The Hall–Kier alpha value is -2.06. The molecule has 1 aromatic carbocycles. The van der Waals surface area contributed by atoms with Crippen LogP contribution in [0.25, 0.3) is 0 Å². The molecule has 0 radical (unpaired) electrons. The summed E-state index contributed by atoms with van der Waals surface area (Å²) in [6.07, 6.45) is 3.14. The number of rotatable bonds is 2. The summed E-state index contributed by atoms with van der Waals surface area (Å²) in [4.78, 5) is 14.1. The largest absolute Gasteiger partial charge is 0.329 e. The molecule has 0 aliphatic heterocycles. The summed E-state index contributed by atoms with van der Waals surface area (Å²) < 4.78 is 26.4. The van der Waals surface area contributed by atoms with Gasteiger partial charge < -0.3 is 5.32 Å². The number of fused-ring (bicyclic) bond motifs is 1. The summed E-state index contributed by atoms with van der Waals surface area (Å²) in [7, 11) is 0. The van der Waals surface area contributed by atoms with Gasteiger partial charge in [-0.2, -0.15) is 0 Å². The SMILES string of the molecule is CC1CCc2sc(C(=O)NNC(=S)Nc3ccc(F)cc3F)cc2C1. The molecule has 3 rings (SSSR count).